The summed E-state index contributed by atoms with van der Waals surface area (Å²) >= 11 is 0. The molecule has 0 saturated heterocycles. The Morgan fingerprint density at radius 2 is 2.55 bits per heavy atom. The third-order valence-electron chi connectivity index (χ3n) is 1.41. The van der Waals surface area contributed by atoms with Crippen molar-refractivity contribution >= 4 is 12.2 Å². The normalized spacial score (nSPS) is 29.0. The van der Waals surface area contributed by atoms with Gasteiger partial charge in [0.1, 0.15) is 0 Å². The van der Waals surface area contributed by atoms with Gasteiger partial charge in [-0.1, -0.05) is 0 Å². The van der Waals surface area contributed by atoms with E-state index in [0.717, 1.165) is 0 Å². The molecule has 0 aromatic heterocycles. The van der Waals surface area contributed by atoms with Crippen LogP contribution in [0.5, 0.6) is 0 Å². The topological polar surface area (TPSA) is 87.7 Å². The lowest BCUT2D eigenvalue weighted by Crippen LogP contribution is -2.47. The van der Waals surface area contributed by atoms with E-state index in [0.29, 0.717) is 5.70 Å². The summed E-state index contributed by atoms with van der Waals surface area (Å²) in [5.74, 6) is -1.03. The highest BCUT2D eigenvalue weighted by Gasteiger charge is 2.31. The number of carboxylic acid groups (broad SMARTS) is 1. The Kier molecular flexibility index (Phi) is 1.56. The fourth-order valence-corrected chi connectivity index (χ4v) is 0.619. The van der Waals surface area contributed by atoms with Crippen molar-refractivity contribution in [1.82, 2.24) is 5.32 Å². The van der Waals surface area contributed by atoms with Gasteiger partial charge in [0.2, 0.25) is 5.66 Å². The third kappa shape index (κ3) is 1.31. The van der Waals surface area contributed by atoms with E-state index in [4.69, 9.17) is 10.8 Å². The Labute approximate surface area is 63.6 Å². The molecule has 60 valence electrons. The van der Waals surface area contributed by atoms with Crippen molar-refractivity contribution < 1.29 is 9.90 Å². The zero-order valence-electron chi connectivity index (χ0n) is 6.03. The lowest BCUT2D eigenvalue weighted by molar-refractivity contribution is -0.143. The van der Waals surface area contributed by atoms with E-state index in [9.17, 15) is 4.79 Å². The van der Waals surface area contributed by atoms with Gasteiger partial charge in [-0.05, 0) is 6.92 Å². The van der Waals surface area contributed by atoms with Gasteiger partial charge in [-0.15, -0.1) is 0 Å². The number of carbonyl (C=O) groups is 1. The lowest BCUT2D eigenvalue weighted by atomic mass is 10.2. The first-order valence-electron chi connectivity index (χ1n) is 3.06. The standard InChI is InChI=1S/C6H9N3O2/c1-6(5(10)11)8-2-4(7)3-9-6/h2-3,8H,7H2,1H3,(H,10,11). The van der Waals surface area contributed by atoms with Crippen molar-refractivity contribution in [3.63, 3.8) is 0 Å². The fraction of sp³-hybridized carbons (Fsp3) is 0.333. The molecule has 0 bridgehead atoms. The summed E-state index contributed by atoms with van der Waals surface area (Å²) in [7, 11) is 0. The van der Waals surface area contributed by atoms with Crippen molar-refractivity contribution in [2.24, 2.45) is 10.7 Å². The molecule has 5 nitrogen and oxygen atoms in total. The number of nitrogens with one attached hydrogen (secondary N) is 1. The summed E-state index contributed by atoms with van der Waals surface area (Å²) in [5, 5.41) is 11.2. The molecule has 1 aliphatic heterocycles. The van der Waals surface area contributed by atoms with E-state index >= 15 is 0 Å². The minimum Gasteiger partial charge on any atom is -0.478 e. The highest BCUT2D eigenvalue weighted by atomic mass is 16.4. The Morgan fingerprint density at radius 1 is 1.91 bits per heavy atom. The minimum atomic E-state index is -1.26. The molecule has 1 rings (SSSR count). The van der Waals surface area contributed by atoms with Gasteiger partial charge in [-0.2, -0.15) is 0 Å². The number of aliphatic carboxylic acids is 1. The average molecular weight is 155 g/mol. The molecule has 1 unspecified atom stereocenters. The Hall–Kier alpha value is -1.52. The smallest absolute Gasteiger partial charge is 0.352 e. The molecule has 11 heavy (non-hydrogen) atoms. The summed E-state index contributed by atoms with van der Waals surface area (Å²) in [6.07, 6.45) is 2.74. The van der Waals surface area contributed by atoms with Crippen molar-refractivity contribution in [2.75, 3.05) is 0 Å². The molecule has 1 aliphatic rings. The van der Waals surface area contributed by atoms with Crippen LogP contribution in [0, 0.1) is 0 Å². The predicted molar refractivity (Wildman–Crippen MR) is 39.9 cm³/mol. The highest BCUT2D eigenvalue weighted by Crippen LogP contribution is 2.08. The van der Waals surface area contributed by atoms with E-state index in [2.05, 4.69) is 10.3 Å². The van der Waals surface area contributed by atoms with Crippen molar-refractivity contribution in [1.29, 1.82) is 0 Å². The molecule has 5 heteroatoms. The van der Waals surface area contributed by atoms with E-state index in [1.54, 1.807) is 0 Å². The van der Waals surface area contributed by atoms with Gasteiger partial charge in [0, 0.05) is 12.4 Å². The van der Waals surface area contributed by atoms with Crippen LogP contribution in [-0.2, 0) is 4.79 Å². The Balaban J connectivity index is 2.82. The summed E-state index contributed by atoms with van der Waals surface area (Å²) < 4.78 is 0. The van der Waals surface area contributed by atoms with Crippen LogP contribution in [0.15, 0.2) is 16.9 Å². The SMILES string of the molecule is CC1(C(=O)O)N=CC(N)=CN1. The fourth-order valence-electron chi connectivity index (χ4n) is 0.619. The van der Waals surface area contributed by atoms with Crippen LogP contribution < -0.4 is 11.1 Å². The van der Waals surface area contributed by atoms with Gasteiger partial charge < -0.3 is 16.2 Å². The quantitative estimate of drug-likeness (QED) is 0.465. The van der Waals surface area contributed by atoms with Crippen LogP contribution in [0.2, 0.25) is 0 Å². The third-order valence-corrected chi connectivity index (χ3v) is 1.41. The zero-order valence-corrected chi connectivity index (χ0v) is 6.03. The highest BCUT2D eigenvalue weighted by molar-refractivity contribution is 5.86. The molecule has 0 spiro atoms. The molecule has 0 aromatic rings. The maximum atomic E-state index is 10.5. The average Bonchev–Trinajstić information content (AvgIpc) is 1.95. The largest absolute Gasteiger partial charge is 0.478 e. The van der Waals surface area contributed by atoms with Crippen molar-refractivity contribution in [3.8, 4) is 0 Å². The van der Waals surface area contributed by atoms with Crippen LogP contribution in [-0.4, -0.2) is 23.0 Å². The Bertz CT molecular complexity index is 246. The second kappa shape index (κ2) is 2.26. The molecular formula is C6H9N3O2. The van der Waals surface area contributed by atoms with E-state index < -0.39 is 11.6 Å². The molecule has 0 saturated carbocycles. The number of rotatable bonds is 1. The molecular weight excluding hydrogens is 146 g/mol. The number of nitrogens with two attached hydrogens (primary N) is 1. The van der Waals surface area contributed by atoms with E-state index in [1.165, 1.54) is 19.3 Å². The maximum Gasteiger partial charge on any atom is 0.352 e. The molecule has 0 aromatic carbocycles. The van der Waals surface area contributed by atoms with Gasteiger partial charge in [0.15, 0.2) is 0 Å². The first kappa shape index (κ1) is 7.59. The molecule has 4 N–H and O–H groups in total. The summed E-state index contributed by atoms with van der Waals surface area (Å²) in [6.45, 7) is 1.45. The number of aliphatic imine (C=N–C) groups is 1. The predicted octanol–water partition coefficient (Wildman–Crippen LogP) is -0.739. The minimum absolute atomic E-state index is 0.420. The number of allylic oxidation sites excluding steroid dienone is 1. The van der Waals surface area contributed by atoms with Crippen LogP contribution in [0.3, 0.4) is 0 Å². The monoisotopic (exact) mass is 155 g/mol. The zero-order chi connectivity index (χ0) is 8.48. The van der Waals surface area contributed by atoms with Gasteiger partial charge in [0.05, 0.1) is 5.70 Å². The summed E-state index contributed by atoms with van der Waals surface area (Å²) in [6, 6.07) is 0. The van der Waals surface area contributed by atoms with Crippen LogP contribution in [0.25, 0.3) is 0 Å². The molecule has 0 fully saturated rings. The first-order chi connectivity index (χ1) is 5.04. The molecule has 1 heterocycles. The van der Waals surface area contributed by atoms with Gasteiger partial charge in [-0.3, -0.25) is 4.99 Å². The maximum absolute atomic E-state index is 10.5. The summed E-state index contributed by atoms with van der Waals surface area (Å²) in [5.41, 5.74) is 4.47. The second-order valence-corrected chi connectivity index (χ2v) is 2.42. The van der Waals surface area contributed by atoms with Crippen LogP contribution in [0.1, 0.15) is 6.92 Å². The van der Waals surface area contributed by atoms with Crippen LogP contribution in [0.4, 0.5) is 0 Å². The molecule has 0 radical (unpaired) electrons. The Morgan fingerprint density at radius 3 is 2.91 bits per heavy atom. The van der Waals surface area contributed by atoms with Crippen molar-refractivity contribution in [3.05, 3.63) is 11.9 Å². The van der Waals surface area contributed by atoms with E-state index in [-0.39, 0.29) is 0 Å². The molecule has 0 amide bonds. The van der Waals surface area contributed by atoms with E-state index in [1.807, 2.05) is 0 Å². The lowest BCUT2D eigenvalue weighted by Gasteiger charge is -2.23. The first-order valence-corrected chi connectivity index (χ1v) is 3.06. The number of hydrogen-bond acceptors (Lipinski definition) is 4. The number of carboxylic acids is 1. The van der Waals surface area contributed by atoms with Gasteiger partial charge in [0.25, 0.3) is 0 Å². The number of hydrogen-bond donors (Lipinski definition) is 3. The number of nitrogens with zero attached hydrogens (tertiary/aromatic N) is 1. The summed E-state index contributed by atoms with van der Waals surface area (Å²) in [4.78, 5) is 14.2. The second-order valence-electron chi connectivity index (χ2n) is 2.42. The van der Waals surface area contributed by atoms with Crippen molar-refractivity contribution in [2.45, 2.75) is 12.6 Å². The van der Waals surface area contributed by atoms with Crippen LogP contribution >= 0.6 is 0 Å². The van der Waals surface area contributed by atoms with Gasteiger partial charge in [-0.25, -0.2) is 4.79 Å². The molecule has 1 atom stereocenters. The molecule has 0 aliphatic carbocycles. The van der Waals surface area contributed by atoms with Gasteiger partial charge >= 0.3 is 5.97 Å².